The molecule has 7 nitrogen and oxygen atoms in total. The zero-order valence-electron chi connectivity index (χ0n) is 16.5. The second-order valence-corrected chi connectivity index (χ2v) is 7.20. The second-order valence-electron chi connectivity index (χ2n) is 7.20. The fourth-order valence-electron chi connectivity index (χ4n) is 3.63. The third kappa shape index (κ3) is 4.59. The number of anilines is 3. The number of nitrogens with one attached hydrogen (secondary N) is 1. The summed E-state index contributed by atoms with van der Waals surface area (Å²) in [4.78, 5) is 15.1. The van der Waals surface area contributed by atoms with Gasteiger partial charge in [-0.05, 0) is 42.8 Å². The smallest absolute Gasteiger partial charge is 0.374 e. The maximum Gasteiger partial charge on any atom is 0.416 e. The molecule has 0 amide bonds. The summed E-state index contributed by atoms with van der Waals surface area (Å²) in [5.74, 6) is 1.18. The first kappa shape index (κ1) is 21.0. The van der Waals surface area contributed by atoms with E-state index in [1.165, 1.54) is 18.5 Å². The van der Waals surface area contributed by atoms with Crippen LogP contribution in [0.4, 0.5) is 30.5 Å². The molecule has 0 saturated carbocycles. The lowest BCUT2D eigenvalue weighted by Crippen LogP contribution is -2.29. The Balaban J connectivity index is 1.56. The summed E-state index contributed by atoms with van der Waals surface area (Å²) >= 11 is 0. The summed E-state index contributed by atoms with van der Waals surface area (Å²) in [5, 5.41) is 13.0. The Morgan fingerprint density at radius 2 is 1.77 bits per heavy atom. The number of fused-ring (bicyclic) bond motifs is 1. The first-order valence-electron chi connectivity index (χ1n) is 9.73. The van der Waals surface area contributed by atoms with Crippen molar-refractivity contribution in [1.82, 2.24) is 15.0 Å². The third-order valence-corrected chi connectivity index (χ3v) is 5.19. The molecule has 1 atom stereocenters. The standard InChI is InChI=1S/C21H21F3N6O/c22-21(23,24)13-3-5-14(6-4-13)29-19-15-7-10-30(11-8-17(15)27-12-28-19)20-16(18(25)31)2-1-9-26-20/h1-6,9,12,18,31H,7-8,10-11,25H2,(H,27,28,29). The monoisotopic (exact) mass is 430 g/mol. The Kier molecular flexibility index (Phi) is 5.75. The van der Waals surface area contributed by atoms with Gasteiger partial charge < -0.3 is 21.1 Å². The highest BCUT2D eigenvalue weighted by Gasteiger charge is 2.30. The molecular formula is C21H21F3N6O. The molecular weight excluding hydrogens is 409 g/mol. The Bertz CT molecular complexity index is 1060. The molecule has 31 heavy (non-hydrogen) atoms. The molecule has 1 aliphatic rings. The van der Waals surface area contributed by atoms with Crippen LogP contribution >= 0.6 is 0 Å². The fourth-order valence-corrected chi connectivity index (χ4v) is 3.63. The molecule has 1 unspecified atom stereocenters. The molecule has 0 fully saturated rings. The molecule has 1 aliphatic heterocycles. The molecule has 1 aromatic carbocycles. The van der Waals surface area contributed by atoms with Gasteiger partial charge in [0.2, 0.25) is 0 Å². The van der Waals surface area contributed by atoms with E-state index in [9.17, 15) is 18.3 Å². The Labute approximate surface area is 176 Å². The van der Waals surface area contributed by atoms with Gasteiger partial charge in [-0.1, -0.05) is 0 Å². The van der Waals surface area contributed by atoms with Gasteiger partial charge in [0, 0.05) is 42.5 Å². The Hall–Kier alpha value is -3.24. The number of nitrogens with zero attached hydrogens (tertiary/aromatic N) is 4. The van der Waals surface area contributed by atoms with Crippen LogP contribution in [0.3, 0.4) is 0 Å². The Morgan fingerprint density at radius 1 is 1.03 bits per heavy atom. The van der Waals surface area contributed by atoms with Crippen LogP contribution in [-0.4, -0.2) is 33.1 Å². The van der Waals surface area contributed by atoms with E-state index >= 15 is 0 Å². The molecule has 0 bridgehead atoms. The van der Waals surface area contributed by atoms with Crippen LogP contribution in [-0.2, 0) is 19.0 Å². The lowest BCUT2D eigenvalue weighted by molar-refractivity contribution is -0.137. The maximum atomic E-state index is 12.8. The molecule has 4 rings (SSSR count). The van der Waals surface area contributed by atoms with Crippen molar-refractivity contribution in [2.24, 2.45) is 5.73 Å². The van der Waals surface area contributed by atoms with Crippen molar-refractivity contribution in [3.8, 4) is 0 Å². The number of alkyl halides is 3. The number of hydrogen-bond donors (Lipinski definition) is 3. The quantitative estimate of drug-likeness (QED) is 0.547. The predicted molar refractivity (Wildman–Crippen MR) is 110 cm³/mol. The summed E-state index contributed by atoms with van der Waals surface area (Å²) in [5.41, 5.74) is 7.78. The van der Waals surface area contributed by atoms with Crippen LogP contribution in [0, 0.1) is 0 Å². The number of aromatic nitrogens is 3. The normalized spacial score (nSPS) is 15.2. The number of aliphatic hydroxyl groups excluding tert-OH is 1. The number of benzene rings is 1. The molecule has 3 heterocycles. The highest BCUT2D eigenvalue weighted by molar-refractivity contribution is 5.61. The van der Waals surface area contributed by atoms with Gasteiger partial charge in [0.05, 0.1) is 11.3 Å². The van der Waals surface area contributed by atoms with E-state index in [1.807, 2.05) is 4.90 Å². The van der Waals surface area contributed by atoms with Crippen molar-refractivity contribution in [3.63, 3.8) is 0 Å². The van der Waals surface area contributed by atoms with E-state index in [0.717, 1.165) is 23.4 Å². The van der Waals surface area contributed by atoms with Crippen LogP contribution in [0.2, 0.25) is 0 Å². The van der Waals surface area contributed by atoms with E-state index < -0.39 is 18.0 Å². The summed E-state index contributed by atoms with van der Waals surface area (Å²) in [6.07, 6.45) is -1.21. The zero-order valence-corrected chi connectivity index (χ0v) is 16.5. The average molecular weight is 430 g/mol. The highest BCUT2D eigenvalue weighted by atomic mass is 19.4. The largest absolute Gasteiger partial charge is 0.416 e. The topological polar surface area (TPSA) is 100 Å². The van der Waals surface area contributed by atoms with Crippen molar-refractivity contribution in [3.05, 3.63) is 71.3 Å². The van der Waals surface area contributed by atoms with Gasteiger partial charge in [-0.15, -0.1) is 0 Å². The molecule has 0 radical (unpaired) electrons. The maximum absolute atomic E-state index is 12.8. The average Bonchev–Trinajstić information content (AvgIpc) is 2.97. The van der Waals surface area contributed by atoms with Crippen molar-refractivity contribution in [1.29, 1.82) is 0 Å². The predicted octanol–water partition coefficient (Wildman–Crippen LogP) is 3.19. The number of pyridine rings is 1. The lowest BCUT2D eigenvalue weighted by Gasteiger charge is -2.24. The molecule has 4 N–H and O–H groups in total. The molecule has 162 valence electrons. The minimum absolute atomic E-state index is 0.508. The Morgan fingerprint density at radius 3 is 2.48 bits per heavy atom. The summed E-state index contributed by atoms with van der Waals surface area (Å²) in [7, 11) is 0. The van der Waals surface area contributed by atoms with Crippen LogP contribution in [0.15, 0.2) is 48.9 Å². The number of halogens is 3. The van der Waals surface area contributed by atoms with Gasteiger partial charge in [-0.3, -0.25) is 0 Å². The summed E-state index contributed by atoms with van der Waals surface area (Å²) in [6.45, 7) is 1.22. The SMILES string of the molecule is NC(O)c1cccnc1N1CCc2ncnc(Nc3ccc(C(F)(F)F)cc3)c2CC1. The zero-order chi connectivity index (χ0) is 22.0. The van der Waals surface area contributed by atoms with Crippen LogP contribution < -0.4 is 16.0 Å². The van der Waals surface area contributed by atoms with E-state index in [4.69, 9.17) is 5.73 Å². The van der Waals surface area contributed by atoms with Crippen LogP contribution in [0.1, 0.15) is 28.6 Å². The molecule has 0 saturated heterocycles. The van der Waals surface area contributed by atoms with E-state index in [2.05, 4.69) is 20.3 Å². The van der Waals surface area contributed by atoms with Gasteiger partial charge in [-0.2, -0.15) is 13.2 Å². The van der Waals surface area contributed by atoms with Gasteiger partial charge >= 0.3 is 6.18 Å². The molecule has 3 aromatic rings. The lowest BCUT2D eigenvalue weighted by atomic mass is 10.1. The van der Waals surface area contributed by atoms with Gasteiger partial charge in [0.15, 0.2) is 0 Å². The van der Waals surface area contributed by atoms with Crippen molar-refractivity contribution in [2.75, 3.05) is 23.3 Å². The van der Waals surface area contributed by atoms with Gasteiger partial charge in [-0.25, -0.2) is 15.0 Å². The van der Waals surface area contributed by atoms with Crippen molar-refractivity contribution >= 4 is 17.3 Å². The minimum Gasteiger partial charge on any atom is -0.374 e. The van der Waals surface area contributed by atoms with Crippen LogP contribution in [0.5, 0.6) is 0 Å². The van der Waals surface area contributed by atoms with Crippen molar-refractivity contribution < 1.29 is 18.3 Å². The van der Waals surface area contributed by atoms with Gasteiger partial charge in [0.1, 0.15) is 24.2 Å². The van der Waals surface area contributed by atoms with Crippen molar-refractivity contribution in [2.45, 2.75) is 25.2 Å². The first-order chi connectivity index (χ1) is 14.8. The van der Waals surface area contributed by atoms with Crippen LogP contribution in [0.25, 0.3) is 0 Å². The summed E-state index contributed by atoms with van der Waals surface area (Å²) < 4.78 is 38.4. The number of hydrogen-bond acceptors (Lipinski definition) is 7. The third-order valence-electron chi connectivity index (χ3n) is 5.19. The number of nitrogens with two attached hydrogens (primary N) is 1. The number of aliphatic hydroxyl groups is 1. The first-order valence-corrected chi connectivity index (χ1v) is 9.73. The van der Waals surface area contributed by atoms with Gasteiger partial charge in [0.25, 0.3) is 0 Å². The second kappa shape index (κ2) is 8.48. The summed E-state index contributed by atoms with van der Waals surface area (Å²) in [6, 6.07) is 8.28. The molecule has 10 heteroatoms. The van der Waals surface area contributed by atoms with E-state index in [1.54, 1.807) is 18.3 Å². The number of rotatable bonds is 4. The fraction of sp³-hybridized carbons (Fsp3) is 0.286. The highest BCUT2D eigenvalue weighted by Crippen LogP contribution is 2.31. The minimum atomic E-state index is -4.38. The van der Waals surface area contributed by atoms with E-state index in [-0.39, 0.29) is 0 Å². The van der Waals surface area contributed by atoms with E-state index in [0.29, 0.717) is 48.8 Å². The molecule has 0 spiro atoms. The molecule has 0 aliphatic carbocycles. The molecule has 2 aromatic heterocycles.